The van der Waals surface area contributed by atoms with Crippen LogP contribution in [0.3, 0.4) is 0 Å². The van der Waals surface area contributed by atoms with Crippen molar-refractivity contribution in [1.29, 1.82) is 0 Å². The summed E-state index contributed by atoms with van der Waals surface area (Å²) in [6.45, 7) is 5.19. The molecule has 0 radical (unpaired) electrons. The molecule has 1 aromatic carbocycles. The highest BCUT2D eigenvalue weighted by Gasteiger charge is 2.34. The Bertz CT molecular complexity index is 763. The summed E-state index contributed by atoms with van der Waals surface area (Å²) >= 11 is 0. The maximum Gasteiger partial charge on any atom is 0.317 e. The summed E-state index contributed by atoms with van der Waals surface area (Å²) in [6, 6.07) is 12.3. The second-order valence-corrected chi connectivity index (χ2v) is 6.87. The highest BCUT2D eigenvalue weighted by molar-refractivity contribution is 5.69. The van der Waals surface area contributed by atoms with Crippen LogP contribution in [-0.4, -0.2) is 51.1 Å². The fourth-order valence-corrected chi connectivity index (χ4v) is 3.27. The van der Waals surface area contributed by atoms with Crippen LogP contribution in [0, 0.1) is 6.92 Å². The number of nitrogens with zero attached hydrogens (tertiary/aromatic N) is 3. The van der Waals surface area contributed by atoms with E-state index in [0.29, 0.717) is 24.5 Å². The summed E-state index contributed by atoms with van der Waals surface area (Å²) < 4.78 is 5.80. The monoisotopic (exact) mass is 370 g/mol. The van der Waals surface area contributed by atoms with E-state index in [-0.39, 0.29) is 12.6 Å². The molecule has 0 spiro atoms. The Kier molecular flexibility index (Phi) is 6.24. The largest absolute Gasteiger partial charge is 0.480 e. The molecule has 0 aliphatic heterocycles. The Balaban J connectivity index is 1.54. The topological polar surface area (TPSA) is 87.6 Å². The van der Waals surface area contributed by atoms with E-state index in [0.717, 1.165) is 30.6 Å². The molecule has 0 bridgehead atoms. The lowest BCUT2D eigenvalue weighted by molar-refractivity contribution is -0.139. The van der Waals surface area contributed by atoms with E-state index in [1.165, 1.54) is 0 Å². The third-order valence-electron chi connectivity index (χ3n) is 4.77. The summed E-state index contributed by atoms with van der Waals surface area (Å²) in [5.41, 5.74) is 1.93. The molecule has 1 heterocycles. The van der Waals surface area contributed by atoms with Crippen molar-refractivity contribution in [2.75, 3.05) is 18.4 Å². The number of aromatic nitrogens is 2. The standard InChI is InChI=1S/C20H26N4O3/c1-3-24(12-19(25)26)17-10-16(11-17)22-20-21-14(2)9-18(23-20)27-13-15-7-5-4-6-8-15/h4-9,16-17H,3,10-13H2,1-2H3,(H,25,26)(H,21,22,23). The van der Waals surface area contributed by atoms with Crippen LogP contribution in [0.15, 0.2) is 36.4 Å². The van der Waals surface area contributed by atoms with Crippen LogP contribution in [0.2, 0.25) is 0 Å². The zero-order valence-electron chi connectivity index (χ0n) is 15.8. The summed E-state index contributed by atoms with van der Waals surface area (Å²) in [5, 5.41) is 12.3. The molecule has 7 nitrogen and oxygen atoms in total. The lowest BCUT2D eigenvalue weighted by Gasteiger charge is -2.42. The lowest BCUT2D eigenvalue weighted by atomic mass is 9.85. The maximum atomic E-state index is 10.9. The van der Waals surface area contributed by atoms with Gasteiger partial charge in [-0.05, 0) is 31.9 Å². The Morgan fingerprint density at radius 2 is 2.04 bits per heavy atom. The van der Waals surface area contributed by atoms with Crippen molar-refractivity contribution in [2.24, 2.45) is 0 Å². The fourth-order valence-electron chi connectivity index (χ4n) is 3.27. The number of aryl methyl sites for hydroxylation is 1. The van der Waals surface area contributed by atoms with Crippen LogP contribution in [0.5, 0.6) is 5.88 Å². The van der Waals surface area contributed by atoms with E-state index in [1.807, 2.05) is 55.1 Å². The van der Waals surface area contributed by atoms with Crippen molar-refractivity contribution in [3.8, 4) is 5.88 Å². The van der Waals surface area contributed by atoms with Crippen molar-refractivity contribution >= 4 is 11.9 Å². The molecule has 3 rings (SSSR count). The molecule has 1 fully saturated rings. The van der Waals surface area contributed by atoms with E-state index in [4.69, 9.17) is 9.84 Å². The number of carboxylic acid groups (broad SMARTS) is 1. The van der Waals surface area contributed by atoms with Crippen LogP contribution in [0.4, 0.5) is 5.95 Å². The van der Waals surface area contributed by atoms with Gasteiger partial charge in [-0.2, -0.15) is 4.98 Å². The molecule has 2 aromatic rings. The van der Waals surface area contributed by atoms with Gasteiger partial charge in [0.2, 0.25) is 11.8 Å². The zero-order valence-corrected chi connectivity index (χ0v) is 15.8. The normalized spacial score (nSPS) is 18.8. The predicted octanol–water partition coefficient (Wildman–Crippen LogP) is 2.71. The van der Waals surface area contributed by atoms with E-state index in [9.17, 15) is 4.79 Å². The summed E-state index contributed by atoms with van der Waals surface area (Å²) in [5.74, 6) is 0.323. The number of anilines is 1. The van der Waals surface area contributed by atoms with Gasteiger partial charge in [0, 0.05) is 23.8 Å². The first-order valence-corrected chi connectivity index (χ1v) is 9.28. The van der Waals surface area contributed by atoms with Crippen LogP contribution in [0.1, 0.15) is 31.0 Å². The van der Waals surface area contributed by atoms with Crippen molar-refractivity contribution in [3.05, 3.63) is 47.7 Å². The van der Waals surface area contributed by atoms with E-state index in [1.54, 1.807) is 0 Å². The second-order valence-electron chi connectivity index (χ2n) is 6.87. The molecule has 0 atom stereocenters. The third-order valence-corrected chi connectivity index (χ3v) is 4.77. The second kappa shape index (κ2) is 8.81. The Morgan fingerprint density at radius 3 is 2.70 bits per heavy atom. The molecular weight excluding hydrogens is 344 g/mol. The zero-order chi connectivity index (χ0) is 19.2. The number of likely N-dealkylation sites (N-methyl/N-ethyl adjacent to an activating group) is 1. The van der Waals surface area contributed by atoms with Crippen LogP contribution in [0.25, 0.3) is 0 Å². The van der Waals surface area contributed by atoms with Gasteiger partial charge in [0.25, 0.3) is 0 Å². The number of rotatable bonds is 9. The molecule has 27 heavy (non-hydrogen) atoms. The van der Waals surface area contributed by atoms with Crippen molar-refractivity contribution in [2.45, 2.75) is 45.4 Å². The van der Waals surface area contributed by atoms with Gasteiger partial charge in [0.05, 0.1) is 6.54 Å². The van der Waals surface area contributed by atoms with Gasteiger partial charge in [-0.15, -0.1) is 0 Å². The van der Waals surface area contributed by atoms with Gasteiger partial charge >= 0.3 is 5.97 Å². The Labute approximate surface area is 159 Å². The third kappa shape index (κ3) is 5.40. The average Bonchev–Trinajstić information content (AvgIpc) is 2.61. The molecule has 7 heteroatoms. The molecule has 0 saturated heterocycles. The van der Waals surface area contributed by atoms with Gasteiger partial charge in [0.15, 0.2) is 0 Å². The molecule has 1 saturated carbocycles. The minimum atomic E-state index is -0.782. The van der Waals surface area contributed by atoms with Gasteiger partial charge in [-0.1, -0.05) is 37.3 Å². The van der Waals surface area contributed by atoms with Crippen molar-refractivity contribution in [1.82, 2.24) is 14.9 Å². The van der Waals surface area contributed by atoms with Gasteiger partial charge in [0.1, 0.15) is 6.61 Å². The summed E-state index contributed by atoms with van der Waals surface area (Å²) in [6.07, 6.45) is 1.78. The molecule has 2 N–H and O–H groups in total. The minimum Gasteiger partial charge on any atom is -0.480 e. The smallest absolute Gasteiger partial charge is 0.317 e. The first-order chi connectivity index (χ1) is 13.0. The van der Waals surface area contributed by atoms with Crippen LogP contribution >= 0.6 is 0 Å². The molecule has 1 aliphatic carbocycles. The van der Waals surface area contributed by atoms with Gasteiger partial charge < -0.3 is 15.2 Å². The number of hydrogen-bond acceptors (Lipinski definition) is 6. The SMILES string of the molecule is CCN(CC(=O)O)C1CC(Nc2nc(C)cc(OCc3ccccc3)n2)C1. The maximum absolute atomic E-state index is 10.9. The Hall–Kier alpha value is -2.67. The van der Waals surface area contributed by atoms with E-state index < -0.39 is 5.97 Å². The van der Waals surface area contributed by atoms with Gasteiger partial charge in [-0.3, -0.25) is 9.69 Å². The Morgan fingerprint density at radius 1 is 1.30 bits per heavy atom. The number of hydrogen-bond donors (Lipinski definition) is 2. The average molecular weight is 370 g/mol. The van der Waals surface area contributed by atoms with E-state index >= 15 is 0 Å². The summed E-state index contributed by atoms with van der Waals surface area (Å²) in [4.78, 5) is 21.8. The first-order valence-electron chi connectivity index (χ1n) is 9.28. The van der Waals surface area contributed by atoms with Crippen molar-refractivity contribution < 1.29 is 14.6 Å². The molecule has 0 unspecified atom stereocenters. The highest BCUT2D eigenvalue weighted by atomic mass is 16.5. The summed E-state index contributed by atoms with van der Waals surface area (Å²) in [7, 11) is 0. The highest BCUT2D eigenvalue weighted by Crippen LogP contribution is 2.28. The first kappa shape index (κ1) is 19.1. The number of aliphatic carboxylic acids is 1. The number of nitrogens with one attached hydrogen (secondary N) is 1. The van der Waals surface area contributed by atoms with Crippen LogP contribution in [-0.2, 0) is 11.4 Å². The molecule has 0 amide bonds. The number of benzene rings is 1. The number of ether oxygens (including phenoxy) is 1. The minimum absolute atomic E-state index is 0.0896. The molecule has 144 valence electrons. The van der Waals surface area contributed by atoms with E-state index in [2.05, 4.69) is 15.3 Å². The molecule has 1 aromatic heterocycles. The number of carboxylic acids is 1. The van der Waals surface area contributed by atoms with Crippen molar-refractivity contribution in [3.63, 3.8) is 0 Å². The number of carbonyl (C=O) groups is 1. The van der Waals surface area contributed by atoms with Crippen LogP contribution < -0.4 is 10.1 Å². The molecule has 1 aliphatic rings. The molecular formula is C20H26N4O3. The predicted molar refractivity (Wildman–Crippen MR) is 103 cm³/mol. The lowest BCUT2D eigenvalue weighted by Crippen LogP contribution is -2.51. The fraction of sp³-hybridized carbons (Fsp3) is 0.450. The quantitative estimate of drug-likeness (QED) is 0.702. The van der Waals surface area contributed by atoms with Gasteiger partial charge in [-0.25, -0.2) is 4.98 Å².